The number of aliphatic carboxylic acids is 1. The zero-order chi connectivity index (χ0) is 20.6. The average Bonchev–Trinajstić information content (AvgIpc) is 2.97. The highest BCUT2D eigenvalue weighted by atomic mass is 32.1. The van der Waals surface area contributed by atoms with Gasteiger partial charge in [-0.15, -0.1) is 11.3 Å². The van der Waals surface area contributed by atoms with Crippen LogP contribution in [0.4, 0.5) is 13.2 Å². The lowest BCUT2D eigenvalue weighted by Crippen LogP contribution is -2.37. The molecule has 0 aromatic carbocycles. The molecule has 2 rings (SSSR count). The van der Waals surface area contributed by atoms with E-state index in [1.54, 1.807) is 11.3 Å². The van der Waals surface area contributed by atoms with Crippen molar-refractivity contribution in [1.82, 2.24) is 9.80 Å². The predicted molar refractivity (Wildman–Crippen MR) is 98.7 cm³/mol. The van der Waals surface area contributed by atoms with Gasteiger partial charge in [-0.1, -0.05) is 6.92 Å². The first-order valence-corrected chi connectivity index (χ1v) is 9.68. The summed E-state index contributed by atoms with van der Waals surface area (Å²) in [6.45, 7) is 8.39. The van der Waals surface area contributed by atoms with Crippen molar-refractivity contribution in [3.8, 4) is 0 Å². The zero-order valence-electron chi connectivity index (χ0n) is 15.9. The summed E-state index contributed by atoms with van der Waals surface area (Å²) in [7, 11) is 1.92. The minimum atomic E-state index is -5.08. The van der Waals surface area contributed by atoms with Crippen LogP contribution in [-0.2, 0) is 16.1 Å². The van der Waals surface area contributed by atoms with Gasteiger partial charge in [-0.25, -0.2) is 4.79 Å². The number of thiophene rings is 1. The van der Waals surface area contributed by atoms with E-state index < -0.39 is 12.1 Å². The van der Waals surface area contributed by atoms with E-state index in [-0.39, 0.29) is 5.91 Å². The Balaban J connectivity index is 0.000000445. The van der Waals surface area contributed by atoms with Gasteiger partial charge in [0.1, 0.15) is 0 Å². The molecule has 5 nitrogen and oxygen atoms in total. The second-order valence-corrected chi connectivity index (χ2v) is 7.88. The van der Waals surface area contributed by atoms with Crippen LogP contribution in [0.3, 0.4) is 0 Å². The number of carboxylic acids is 1. The number of likely N-dealkylation sites (tertiary alicyclic amines) is 1. The van der Waals surface area contributed by atoms with Crippen LogP contribution in [0.1, 0.15) is 36.6 Å². The molecule has 1 unspecified atom stereocenters. The van der Waals surface area contributed by atoms with Gasteiger partial charge in [0.05, 0.1) is 6.54 Å². The van der Waals surface area contributed by atoms with E-state index in [2.05, 4.69) is 30.2 Å². The normalized spacial score (nSPS) is 17.8. The molecule has 1 aliphatic heterocycles. The SMILES string of the molecule is Cc1ccsc1CN(C)C(=O)CCN1CCCC(C)C1.O=C(O)C(F)(F)F. The summed E-state index contributed by atoms with van der Waals surface area (Å²) >= 11 is 1.74. The van der Waals surface area contributed by atoms with Gasteiger partial charge >= 0.3 is 12.1 Å². The van der Waals surface area contributed by atoms with Gasteiger partial charge in [0, 0.05) is 31.4 Å². The number of rotatable bonds is 5. The molecule has 0 bridgehead atoms. The van der Waals surface area contributed by atoms with Crippen LogP contribution in [0.2, 0.25) is 0 Å². The summed E-state index contributed by atoms with van der Waals surface area (Å²) in [4.78, 5) is 26.7. The maximum Gasteiger partial charge on any atom is 0.490 e. The number of piperidine rings is 1. The zero-order valence-corrected chi connectivity index (χ0v) is 16.7. The Morgan fingerprint density at radius 1 is 1.41 bits per heavy atom. The van der Waals surface area contributed by atoms with Crippen LogP contribution in [0.5, 0.6) is 0 Å². The van der Waals surface area contributed by atoms with Crippen molar-refractivity contribution < 1.29 is 27.9 Å². The lowest BCUT2D eigenvalue weighted by molar-refractivity contribution is -0.192. The van der Waals surface area contributed by atoms with Crippen molar-refractivity contribution in [1.29, 1.82) is 0 Å². The van der Waals surface area contributed by atoms with E-state index in [0.717, 1.165) is 32.1 Å². The van der Waals surface area contributed by atoms with E-state index >= 15 is 0 Å². The topological polar surface area (TPSA) is 60.9 Å². The summed E-state index contributed by atoms with van der Waals surface area (Å²) in [5.41, 5.74) is 1.29. The van der Waals surface area contributed by atoms with Gasteiger partial charge in [0.25, 0.3) is 0 Å². The molecular formula is C18H27F3N2O3S. The minimum absolute atomic E-state index is 0.260. The first-order valence-electron chi connectivity index (χ1n) is 8.80. The number of carbonyl (C=O) groups excluding carboxylic acids is 1. The Morgan fingerprint density at radius 3 is 2.52 bits per heavy atom. The van der Waals surface area contributed by atoms with Gasteiger partial charge in [-0.3, -0.25) is 4.79 Å². The molecule has 1 amide bonds. The molecular weight excluding hydrogens is 381 g/mol. The fourth-order valence-electron chi connectivity index (χ4n) is 2.80. The quantitative estimate of drug-likeness (QED) is 0.806. The molecule has 1 aromatic heterocycles. The van der Waals surface area contributed by atoms with E-state index in [4.69, 9.17) is 9.90 Å². The van der Waals surface area contributed by atoms with E-state index in [9.17, 15) is 18.0 Å². The number of aryl methyl sites for hydroxylation is 1. The summed E-state index contributed by atoms with van der Waals surface area (Å²) in [6.07, 6.45) is -1.82. The molecule has 0 aliphatic carbocycles. The van der Waals surface area contributed by atoms with E-state index in [1.165, 1.54) is 23.3 Å². The molecule has 27 heavy (non-hydrogen) atoms. The number of amides is 1. The largest absolute Gasteiger partial charge is 0.490 e. The minimum Gasteiger partial charge on any atom is -0.475 e. The van der Waals surface area contributed by atoms with Crippen molar-refractivity contribution in [3.63, 3.8) is 0 Å². The molecule has 0 radical (unpaired) electrons. The molecule has 1 aromatic rings. The average molecular weight is 408 g/mol. The van der Waals surface area contributed by atoms with Gasteiger partial charge < -0.3 is 14.9 Å². The Hall–Kier alpha value is -1.61. The van der Waals surface area contributed by atoms with Crippen molar-refractivity contribution in [2.75, 3.05) is 26.7 Å². The molecule has 9 heteroatoms. The number of halogens is 3. The highest BCUT2D eigenvalue weighted by Crippen LogP contribution is 2.18. The van der Waals surface area contributed by atoms with Gasteiger partial charge in [-0.2, -0.15) is 13.2 Å². The third-order valence-electron chi connectivity index (χ3n) is 4.40. The first kappa shape index (κ1) is 23.4. The van der Waals surface area contributed by atoms with Crippen molar-refractivity contribution in [3.05, 3.63) is 21.9 Å². The van der Waals surface area contributed by atoms with Gasteiger partial charge in [-0.05, 0) is 49.2 Å². The Labute approximate surface area is 161 Å². The van der Waals surface area contributed by atoms with Crippen LogP contribution in [0.15, 0.2) is 11.4 Å². The molecule has 1 atom stereocenters. The summed E-state index contributed by atoms with van der Waals surface area (Å²) in [5.74, 6) is -1.71. The lowest BCUT2D eigenvalue weighted by atomic mass is 10.0. The number of carboxylic acid groups (broad SMARTS) is 1. The van der Waals surface area contributed by atoms with E-state index in [1.807, 2.05) is 11.9 Å². The van der Waals surface area contributed by atoms with Gasteiger partial charge in [0.2, 0.25) is 5.91 Å². The number of alkyl halides is 3. The monoisotopic (exact) mass is 408 g/mol. The van der Waals surface area contributed by atoms with E-state index in [0.29, 0.717) is 6.42 Å². The predicted octanol–water partition coefficient (Wildman–Crippen LogP) is 3.77. The number of hydrogen-bond donors (Lipinski definition) is 1. The molecule has 1 fully saturated rings. The smallest absolute Gasteiger partial charge is 0.475 e. The summed E-state index contributed by atoms with van der Waals surface area (Å²) < 4.78 is 31.7. The number of nitrogens with zero attached hydrogens (tertiary/aromatic N) is 2. The molecule has 1 saturated heterocycles. The maximum absolute atomic E-state index is 12.2. The lowest BCUT2D eigenvalue weighted by Gasteiger charge is -2.31. The molecule has 2 heterocycles. The Kier molecular flexibility index (Phi) is 9.25. The highest BCUT2D eigenvalue weighted by Gasteiger charge is 2.38. The third-order valence-corrected chi connectivity index (χ3v) is 5.41. The molecule has 0 saturated carbocycles. The molecule has 1 N–H and O–H groups in total. The van der Waals surface area contributed by atoms with Crippen molar-refractivity contribution in [2.24, 2.45) is 5.92 Å². The van der Waals surface area contributed by atoms with Crippen molar-refractivity contribution in [2.45, 2.75) is 45.8 Å². The fourth-order valence-corrected chi connectivity index (χ4v) is 3.76. The standard InChI is InChI=1S/C16H26N2OS.C2HF3O2/c1-13-5-4-8-18(11-13)9-6-16(19)17(3)12-15-14(2)7-10-20-15;3-2(4,5)1(6)7/h7,10,13H,4-6,8-9,11-12H2,1-3H3;(H,6,7). The second kappa shape index (κ2) is 10.7. The number of hydrogen-bond acceptors (Lipinski definition) is 4. The Morgan fingerprint density at radius 2 is 2.04 bits per heavy atom. The Bertz CT molecular complexity index is 619. The van der Waals surface area contributed by atoms with Crippen LogP contribution in [0, 0.1) is 12.8 Å². The molecule has 1 aliphatic rings. The van der Waals surface area contributed by atoms with Crippen LogP contribution < -0.4 is 0 Å². The fraction of sp³-hybridized carbons (Fsp3) is 0.667. The first-order chi connectivity index (χ1) is 12.5. The van der Waals surface area contributed by atoms with Crippen LogP contribution >= 0.6 is 11.3 Å². The summed E-state index contributed by atoms with van der Waals surface area (Å²) in [5, 5.41) is 9.22. The molecule has 0 spiro atoms. The third kappa shape index (κ3) is 8.75. The van der Waals surface area contributed by atoms with Crippen LogP contribution in [-0.4, -0.2) is 59.6 Å². The van der Waals surface area contributed by atoms with Crippen LogP contribution in [0.25, 0.3) is 0 Å². The van der Waals surface area contributed by atoms with Crippen molar-refractivity contribution >= 4 is 23.2 Å². The highest BCUT2D eigenvalue weighted by molar-refractivity contribution is 7.10. The summed E-state index contributed by atoms with van der Waals surface area (Å²) in [6, 6.07) is 2.12. The maximum atomic E-state index is 12.2. The van der Waals surface area contributed by atoms with Gasteiger partial charge in [0.15, 0.2) is 0 Å². The second-order valence-electron chi connectivity index (χ2n) is 6.88. The number of carbonyl (C=O) groups is 2. The molecule has 154 valence electrons.